The minimum atomic E-state index is -0.116. The van der Waals surface area contributed by atoms with Gasteiger partial charge in [0.2, 0.25) is 5.91 Å². The third-order valence-corrected chi connectivity index (χ3v) is 4.04. The van der Waals surface area contributed by atoms with Crippen molar-refractivity contribution >= 4 is 29.3 Å². The van der Waals surface area contributed by atoms with Crippen molar-refractivity contribution in [3.8, 4) is 0 Å². The Bertz CT molecular complexity index is 505. The minimum Gasteiger partial charge on any atom is -0.396 e. The van der Waals surface area contributed by atoms with Crippen LogP contribution in [0.1, 0.15) is 22.3 Å². The van der Waals surface area contributed by atoms with Crippen LogP contribution in [-0.4, -0.2) is 41.6 Å². The van der Waals surface area contributed by atoms with Crippen LogP contribution in [0.5, 0.6) is 0 Å². The Morgan fingerprint density at radius 2 is 2.25 bits per heavy atom. The summed E-state index contributed by atoms with van der Waals surface area (Å²) in [6.07, 6.45) is 1.12. The molecule has 20 heavy (non-hydrogen) atoms. The van der Waals surface area contributed by atoms with Crippen molar-refractivity contribution in [3.63, 3.8) is 0 Å². The summed E-state index contributed by atoms with van der Waals surface area (Å²) in [7, 11) is 0. The third-order valence-electron chi connectivity index (χ3n) is 2.97. The number of carbonyl (C=O) groups excluding carboxylic acids is 2. The van der Waals surface area contributed by atoms with Crippen molar-refractivity contribution in [3.05, 3.63) is 29.3 Å². The Balaban J connectivity index is 1.79. The molecule has 0 aliphatic carbocycles. The Morgan fingerprint density at radius 3 is 3.05 bits per heavy atom. The highest BCUT2D eigenvalue weighted by atomic mass is 32.2. The highest BCUT2D eigenvalue weighted by molar-refractivity contribution is 7.99. The summed E-state index contributed by atoms with van der Waals surface area (Å²) in [6.45, 7) is 0.810. The first-order chi connectivity index (χ1) is 9.70. The molecule has 0 saturated carbocycles. The molecule has 2 rings (SSSR count). The van der Waals surface area contributed by atoms with Crippen LogP contribution in [0.2, 0.25) is 0 Å². The maximum atomic E-state index is 11.9. The second kappa shape index (κ2) is 7.31. The first kappa shape index (κ1) is 14.9. The van der Waals surface area contributed by atoms with Gasteiger partial charge in [0.1, 0.15) is 0 Å². The normalized spacial score (nSPS) is 12.9. The average Bonchev–Trinajstić information content (AvgIpc) is 2.81. The van der Waals surface area contributed by atoms with Gasteiger partial charge in [0.15, 0.2) is 0 Å². The average molecular weight is 294 g/mol. The predicted molar refractivity (Wildman–Crippen MR) is 80.1 cm³/mol. The van der Waals surface area contributed by atoms with Gasteiger partial charge in [0, 0.05) is 30.2 Å². The fourth-order valence-corrected chi connectivity index (χ4v) is 2.76. The molecule has 1 aliphatic heterocycles. The fourth-order valence-electron chi connectivity index (χ4n) is 1.98. The lowest BCUT2D eigenvalue weighted by Crippen LogP contribution is -2.25. The fraction of sp³-hybridized carbons (Fsp3) is 0.429. The van der Waals surface area contributed by atoms with Gasteiger partial charge in [-0.2, -0.15) is 11.8 Å². The maximum Gasteiger partial charge on any atom is 0.251 e. The smallest absolute Gasteiger partial charge is 0.251 e. The number of aliphatic hydroxyl groups excluding tert-OH is 1. The van der Waals surface area contributed by atoms with Crippen LogP contribution >= 0.6 is 11.8 Å². The van der Waals surface area contributed by atoms with Crippen LogP contribution in [0.3, 0.4) is 0 Å². The molecule has 1 aliphatic rings. The maximum absolute atomic E-state index is 11.9. The summed E-state index contributed by atoms with van der Waals surface area (Å²) >= 11 is 1.71. The van der Waals surface area contributed by atoms with Gasteiger partial charge >= 0.3 is 0 Å². The Morgan fingerprint density at radius 1 is 1.40 bits per heavy atom. The van der Waals surface area contributed by atoms with Crippen LogP contribution in [0.15, 0.2) is 18.2 Å². The van der Waals surface area contributed by atoms with E-state index >= 15 is 0 Å². The number of hydrogen-bond donors (Lipinski definition) is 3. The van der Waals surface area contributed by atoms with Crippen LogP contribution in [-0.2, 0) is 11.2 Å². The number of anilines is 1. The quantitative estimate of drug-likeness (QED) is 0.656. The summed E-state index contributed by atoms with van der Waals surface area (Å²) < 4.78 is 0. The van der Waals surface area contributed by atoms with Crippen molar-refractivity contribution < 1.29 is 14.7 Å². The molecule has 0 radical (unpaired) electrons. The van der Waals surface area contributed by atoms with Gasteiger partial charge < -0.3 is 15.7 Å². The highest BCUT2D eigenvalue weighted by Crippen LogP contribution is 2.23. The lowest BCUT2D eigenvalue weighted by atomic mass is 10.1. The van der Waals surface area contributed by atoms with Gasteiger partial charge in [0.05, 0.1) is 6.42 Å². The van der Waals surface area contributed by atoms with Gasteiger partial charge in [-0.25, -0.2) is 0 Å². The number of nitrogens with one attached hydrogen (secondary N) is 2. The van der Waals surface area contributed by atoms with Crippen molar-refractivity contribution in [2.45, 2.75) is 12.8 Å². The Kier molecular flexibility index (Phi) is 5.43. The molecular weight excluding hydrogens is 276 g/mol. The van der Waals surface area contributed by atoms with Crippen LogP contribution < -0.4 is 10.6 Å². The number of carbonyl (C=O) groups is 2. The zero-order valence-electron chi connectivity index (χ0n) is 11.1. The summed E-state index contributed by atoms with van der Waals surface area (Å²) in [5, 5.41) is 14.2. The largest absolute Gasteiger partial charge is 0.396 e. The number of hydrogen-bond acceptors (Lipinski definition) is 4. The molecule has 0 aromatic heterocycles. The molecule has 0 fully saturated rings. The minimum absolute atomic E-state index is 0.0298. The monoisotopic (exact) mass is 294 g/mol. The van der Waals surface area contributed by atoms with Crippen molar-refractivity contribution in [2.24, 2.45) is 0 Å². The molecule has 0 unspecified atom stereocenters. The summed E-state index contributed by atoms with van der Waals surface area (Å²) in [4.78, 5) is 23.2. The van der Waals surface area contributed by atoms with E-state index in [4.69, 9.17) is 5.11 Å². The Hall–Kier alpha value is -1.53. The van der Waals surface area contributed by atoms with Crippen LogP contribution in [0.4, 0.5) is 5.69 Å². The summed E-state index contributed by atoms with van der Waals surface area (Å²) in [5.41, 5.74) is 2.26. The molecule has 6 heteroatoms. The molecule has 0 atom stereocenters. The molecule has 5 nitrogen and oxygen atoms in total. The number of thioether (sulfide) groups is 1. The van der Waals surface area contributed by atoms with Crippen molar-refractivity contribution in [1.82, 2.24) is 5.32 Å². The van der Waals surface area contributed by atoms with Crippen LogP contribution in [0, 0.1) is 0 Å². The van der Waals surface area contributed by atoms with Gasteiger partial charge in [-0.3, -0.25) is 9.59 Å². The van der Waals surface area contributed by atoms with E-state index in [1.807, 2.05) is 0 Å². The second-order valence-corrected chi connectivity index (χ2v) is 5.77. The molecule has 1 heterocycles. The van der Waals surface area contributed by atoms with E-state index in [9.17, 15) is 9.59 Å². The molecule has 108 valence electrons. The van der Waals surface area contributed by atoms with E-state index in [0.29, 0.717) is 18.5 Å². The molecule has 0 saturated heterocycles. The van der Waals surface area contributed by atoms with E-state index in [1.165, 1.54) is 0 Å². The lowest BCUT2D eigenvalue weighted by molar-refractivity contribution is -0.115. The number of benzene rings is 1. The number of rotatable bonds is 7. The van der Waals surface area contributed by atoms with E-state index in [-0.39, 0.29) is 18.4 Å². The molecule has 0 spiro atoms. The van der Waals surface area contributed by atoms with E-state index < -0.39 is 0 Å². The first-order valence-electron chi connectivity index (χ1n) is 6.60. The van der Waals surface area contributed by atoms with Crippen LogP contribution in [0.25, 0.3) is 0 Å². The third kappa shape index (κ3) is 3.98. The van der Waals surface area contributed by atoms with E-state index in [2.05, 4.69) is 10.6 Å². The van der Waals surface area contributed by atoms with E-state index in [1.54, 1.807) is 30.0 Å². The molecule has 0 bridgehead atoms. The van der Waals surface area contributed by atoms with Gasteiger partial charge in [-0.1, -0.05) is 0 Å². The zero-order valence-corrected chi connectivity index (χ0v) is 12.0. The standard InChI is InChI=1S/C14H18N2O3S/c17-5-1-6-20-7-4-15-14(19)10-2-3-12-11(8-10)9-13(18)16-12/h2-3,8,17H,1,4-7,9H2,(H,15,19)(H,16,18). The lowest BCUT2D eigenvalue weighted by Gasteiger charge is -2.06. The summed E-state index contributed by atoms with van der Waals surface area (Å²) in [6, 6.07) is 5.26. The molecule has 3 N–H and O–H groups in total. The van der Waals surface area contributed by atoms with Gasteiger partial charge in [-0.05, 0) is 35.9 Å². The first-order valence-corrected chi connectivity index (χ1v) is 7.76. The second-order valence-electron chi connectivity index (χ2n) is 4.54. The van der Waals surface area contributed by atoms with Gasteiger partial charge in [-0.15, -0.1) is 0 Å². The molecule has 1 aromatic rings. The number of aliphatic hydroxyl groups is 1. The van der Waals surface area contributed by atoms with Crippen molar-refractivity contribution in [2.75, 3.05) is 30.0 Å². The topological polar surface area (TPSA) is 78.4 Å². The zero-order chi connectivity index (χ0) is 14.4. The van der Waals surface area contributed by atoms with Crippen molar-refractivity contribution in [1.29, 1.82) is 0 Å². The summed E-state index contributed by atoms with van der Waals surface area (Å²) in [5.74, 6) is 1.59. The number of fused-ring (bicyclic) bond motifs is 1. The molecular formula is C14H18N2O3S. The Labute approximate surface area is 122 Å². The van der Waals surface area contributed by atoms with Gasteiger partial charge in [0.25, 0.3) is 5.91 Å². The molecule has 1 aromatic carbocycles. The number of amides is 2. The molecule has 2 amide bonds. The predicted octanol–water partition coefficient (Wildman–Crippen LogP) is 1.03. The van der Waals surface area contributed by atoms with E-state index in [0.717, 1.165) is 29.2 Å². The SMILES string of the molecule is O=C1Cc2cc(C(=O)NCCSCCCO)ccc2N1. The highest BCUT2D eigenvalue weighted by Gasteiger charge is 2.18.